The first-order valence-electron chi connectivity index (χ1n) is 7.28. The van der Waals surface area contributed by atoms with Crippen LogP contribution >= 0.6 is 12.4 Å². The number of fused-ring (bicyclic) bond motifs is 1. The Hall–Kier alpha value is -1.31. The summed E-state index contributed by atoms with van der Waals surface area (Å²) >= 11 is 0. The number of nitrogens with zero attached hydrogens (tertiary/aromatic N) is 1. The number of ether oxygens (including phenoxy) is 2. The number of amides is 1. The van der Waals surface area contributed by atoms with Crippen molar-refractivity contribution in [3.8, 4) is 11.5 Å². The lowest BCUT2D eigenvalue weighted by Gasteiger charge is -2.19. The van der Waals surface area contributed by atoms with Gasteiger partial charge in [0.15, 0.2) is 11.5 Å². The molecule has 0 saturated carbocycles. The maximum atomic E-state index is 12.3. The Kier molecular flexibility index (Phi) is 8.36. The zero-order valence-corrected chi connectivity index (χ0v) is 15.0. The molecule has 1 amide bonds. The molecule has 1 aromatic carbocycles. The maximum absolute atomic E-state index is 12.3. The SMILES string of the molecule is CNCCN(C)C(=O)CCS(=O)c1ccc2c(c1)OCCO2.Cl. The van der Waals surface area contributed by atoms with E-state index in [2.05, 4.69) is 5.32 Å². The van der Waals surface area contributed by atoms with Crippen molar-refractivity contribution in [1.82, 2.24) is 10.2 Å². The zero-order valence-electron chi connectivity index (χ0n) is 13.4. The molecule has 130 valence electrons. The van der Waals surface area contributed by atoms with E-state index in [0.717, 1.165) is 6.54 Å². The molecule has 1 aromatic rings. The van der Waals surface area contributed by atoms with E-state index in [9.17, 15) is 9.00 Å². The predicted octanol–water partition coefficient (Wildman–Crippen LogP) is 1.06. The number of benzene rings is 1. The molecule has 8 heteroatoms. The topological polar surface area (TPSA) is 67.9 Å². The van der Waals surface area contributed by atoms with Crippen molar-refractivity contribution in [1.29, 1.82) is 0 Å². The van der Waals surface area contributed by atoms with Crippen LogP contribution in [0.15, 0.2) is 23.1 Å². The number of halogens is 1. The molecule has 0 fully saturated rings. The average Bonchev–Trinajstić information content (AvgIpc) is 2.56. The summed E-state index contributed by atoms with van der Waals surface area (Å²) in [5.74, 6) is 1.60. The first-order chi connectivity index (χ1) is 10.6. The third-order valence-corrected chi connectivity index (χ3v) is 4.76. The summed E-state index contributed by atoms with van der Waals surface area (Å²) in [5, 5.41) is 2.99. The van der Waals surface area contributed by atoms with Crippen LogP contribution in [-0.2, 0) is 15.6 Å². The van der Waals surface area contributed by atoms with E-state index in [1.165, 1.54) is 0 Å². The fraction of sp³-hybridized carbons (Fsp3) is 0.533. The van der Waals surface area contributed by atoms with Gasteiger partial charge in [-0.2, -0.15) is 0 Å². The number of hydrogen-bond donors (Lipinski definition) is 1. The van der Waals surface area contributed by atoms with Crippen LogP contribution in [0.4, 0.5) is 0 Å². The van der Waals surface area contributed by atoms with Crippen molar-refractivity contribution in [3.63, 3.8) is 0 Å². The van der Waals surface area contributed by atoms with Crippen LogP contribution in [-0.4, -0.2) is 61.2 Å². The van der Waals surface area contributed by atoms with Crippen LogP contribution < -0.4 is 14.8 Å². The highest BCUT2D eigenvalue weighted by Crippen LogP contribution is 2.31. The minimum atomic E-state index is -1.22. The highest BCUT2D eigenvalue weighted by molar-refractivity contribution is 7.85. The number of rotatable bonds is 7. The van der Waals surface area contributed by atoms with Gasteiger partial charge in [-0.15, -0.1) is 12.4 Å². The quantitative estimate of drug-likeness (QED) is 0.785. The van der Waals surface area contributed by atoms with Gasteiger partial charge in [0.25, 0.3) is 0 Å². The summed E-state index contributed by atoms with van der Waals surface area (Å²) in [7, 11) is 2.38. The van der Waals surface area contributed by atoms with Crippen LogP contribution in [0.25, 0.3) is 0 Å². The molecule has 6 nitrogen and oxygen atoms in total. The molecule has 1 atom stereocenters. The number of nitrogens with one attached hydrogen (secondary N) is 1. The second-order valence-corrected chi connectivity index (χ2v) is 6.59. The molecule has 0 bridgehead atoms. The zero-order chi connectivity index (χ0) is 15.9. The summed E-state index contributed by atoms with van der Waals surface area (Å²) in [6.07, 6.45) is 0.265. The largest absolute Gasteiger partial charge is 0.486 e. The van der Waals surface area contributed by atoms with Gasteiger partial charge in [0.05, 0.1) is 10.8 Å². The molecule has 0 radical (unpaired) electrons. The van der Waals surface area contributed by atoms with E-state index in [1.54, 1.807) is 30.1 Å². The normalized spacial score (nSPS) is 13.8. The lowest BCUT2D eigenvalue weighted by atomic mass is 10.3. The van der Waals surface area contributed by atoms with Gasteiger partial charge in [-0.1, -0.05) is 0 Å². The van der Waals surface area contributed by atoms with Crippen molar-refractivity contribution in [2.75, 3.05) is 46.2 Å². The molecule has 0 aliphatic carbocycles. The molecule has 1 aliphatic heterocycles. The second kappa shape index (κ2) is 9.75. The van der Waals surface area contributed by atoms with Crippen LogP contribution in [0.2, 0.25) is 0 Å². The lowest BCUT2D eigenvalue weighted by molar-refractivity contribution is -0.129. The highest BCUT2D eigenvalue weighted by atomic mass is 35.5. The van der Waals surface area contributed by atoms with E-state index in [0.29, 0.717) is 41.9 Å². The molecule has 1 heterocycles. The Bertz CT molecular complexity index is 556. The predicted molar refractivity (Wildman–Crippen MR) is 92.1 cm³/mol. The summed E-state index contributed by atoms with van der Waals surface area (Å²) in [4.78, 5) is 14.2. The third-order valence-electron chi connectivity index (χ3n) is 3.40. The van der Waals surface area contributed by atoms with Gasteiger partial charge in [-0.25, -0.2) is 0 Å². The minimum absolute atomic E-state index is 0. The van der Waals surface area contributed by atoms with Crippen LogP contribution in [0, 0.1) is 0 Å². The Morgan fingerprint density at radius 3 is 2.70 bits per heavy atom. The van der Waals surface area contributed by atoms with Crippen LogP contribution in [0.1, 0.15) is 6.42 Å². The van der Waals surface area contributed by atoms with Gasteiger partial charge in [-0.3, -0.25) is 9.00 Å². The monoisotopic (exact) mass is 362 g/mol. The molecule has 0 spiro atoms. The Morgan fingerprint density at radius 1 is 1.30 bits per heavy atom. The van der Waals surface area contributed by atoms with E-state index >= 15 is 0 Å². The summed E-state index contributed by atoms with van der Waals surface area (Å²) in [6.45, 7) is 2.42. The standard InChI is InChI=1S/C15H22N2O4S.ClH/c1-16-6-7-17(2)15(18)5-10-22(19)12-3-4-13-14(11-12)21-9-8-20-13;/h3-4,11,16H,5-10H2,1-2H3;1H. The van der Waals surface area contributed by atoms with Gasteiger partial charge in [0.1, 0.15) is 13.2 Å². The van der Waals surface area contributed by atoms with E-state index < -0.39 is 10.8 Å². The van der Waals surface area contributed by atoms with Crippen molar-refractivity contribution in [2.45, 2.75) is 11.3 Å². The molecular formula is C15H23ClN2O4S. The Balaban J connectivity index is 0.00000264. The van der Waals surface area contributed by atoms with Gasteiger partial charge in [-0.05, 0) is 19.2 Å². The smallest absolute Gasteiger partial charge is 0.223 e. The molecule has 1 N–H and O–H groups in total. The Labute approximate surface area is 145 Å². The van der Waals surface area contributed by atoms with Gasteiger partial charge in [0, 0.05) is 43.3 Å². The van der Waals surface area contributed by atoms with Crippen molar-refractivity contribution >= 4 is 29.1 Å². The number of hydrogen-bond acceptors (Lipinski definition) is 5. The van der Waals surface area contributed by atoms with Crippen molar-refractivity contribution in [3.05, 3.63) is 18.2 Å². The Morgan fingerprint density at radius 2 is 2.00 bits per heavy atom. The maximum Gasteiger partial charge on any atom is 0.223 e. The number of likely N-dealkylation sites (N-methyl/N-ethyl adjacent to an activating group) is 2. The third kappa shape index (κ3) is 5.67. The number of carbonyl (C=O) groups excluding carboxylic acids is 1. The van der Waals surface area contributed by atoms with Crippen LogP contribution in [0.3, 0.4) is 0 Å². The fourth-order valence-electron chi connectivity index (χ4n) is 2.06. The summed E-state index contributed by atoms with van der Waals surface area (Å²) in [6, 6.07) is 5.27. The molecule has 0 aromatic heterocycles. The van der Waals surface area contributed by atoms with Crippen molar-refractivity contribution in [2.24, 2.45) is 0 Å². The molecule has 1 unspecified atom stereocenters. The first-order valence-corrected chi connectivity index (χ1v) is 8.60. The van der Waals surface area contributed by atoms with E-state index in [-0.39, 0.29) is 24.7 Å². The molecule has 1 aliphatic rings. The van der Waals surface area contributed by atoms with E-state index in [4.69, 9.17) is 9.47 Å². The average molecular weight is 363 g/mol. The minimum Gasteiger partial charge on any atom is -0.486 e. The highest BCUT2D eigenvalue weighted by Gasteiger charge is 2.16. The lowest BCUT2D eigenvalue weighted by Crippen LogP contribution is -2.33. The summed E-state index contributed by atoms with van der Waals surface area (Å²) in [5.41, 5.74) is 0. The van der Waals surface area contributed by atoms with Crippen molar-refractivity contribution < 1.29 is 18.5 Å². The molecule has 0 saturated heterocycles. The van der Waals surface area contributed by atoms with E-state index in [1.807, 2.05) is 7.05 Å². The van der Waals surface area contributed by atoms with Gasteiger partial charge < -0.3 is 19.7 Å². The van der Waals surface area contributed by atoms with Gasteiger partial charge >= 0.3 is 0 Å². The number of carbonyl (C=O) groups is 1. The first kappa shape index (κ1) is 19.7. The second-order valence-electron chi connectivity index (χ2n) is 5.02. The molecule has 2 rings (SSSR count). The summed E-state index contributed by atoms with van der Waals surface area (Å²) < 4.78 is 23.2. The fourth-order valence-corrected chi connectivity index (χ4v) is 3.11. The molecule has 23 heavy (non-hydrogen) atoms. The van der Waals surface area contributed by atoms with Crippen LogP contribution in [0.5, 0.6) is 11.5 Å². The van der Waals surface area contributed by atoms with Gasteiger partial charge in [0.2, 0.25) is 5.91 Å². The molecular weight excluding hydrogens is 340 g/mol.